The van der Waals surface area contributed by atoms with E-state index in [0.717, 1.165) is 0 Å². The van der Waals surface area contributed by atoms with E-state index in [2.05, 4.69) is 0 Å². The van der Waals surface area contributed by atoms with Crippen LogP contribution in [0.25, 0.3) is 0 Å². The lowest BCUT2D eigenvalue weighted by atomic mass is 10.2. The van der Waals surface area contributed by atoms with Gasteiger partial charge in [0.1, 0.15) is 23.4 Å². The average Bonchev–Trinajstić information content (AvgIpc) is 2.36. The molecule has 0 spiro atoms. The van der Waals surface area contributed by atoms with Gasteiger partial charge in [0, 0.05) is 5.69 Å². The summed E-state index contributed by atoms with van der Waals surface area (Å²) < 4.78 is 18.7. The van der Waals surface area contributed by atoms with Crippen LogP contribution in [0.4, 0.5) is 10.1 Å². The molecule has 0 fully saturated rings. The molecular weight excluding hydrogens is 231 g/mol. The number of nitrogen functional groups attached to an aromatic ring is 1. The van der Waals surface area contributed by atoms with Crippen molar-refractivity contribution in [3.8, 4) is 17.6 Å². The van der Waals surface area contributed by atoms with Crippen LogP contribution in [0.1, 0.15) is 11.1 Å². The fraction of sp³-hybridized carbons (Fsp3) is 0.0714. The number of hydrogen-bond acceptors (Lipinski definition) is 3. The van der Waals surface area contributed by atoms with Crippen molar-refractivity contribution in [3.05, 3.63) is 53.3 Å². The van der Waals surface area contributed by atoms with Crippen LogP contribution in [0, 0.1) is 24.1 Å². The van der Waals surface area contributed by atoms with Gasteiger partial charge in [-0.3, -0.25) is 0 Å². The monoisotopic (exact) mass is 242 g/mol. The first-order valence-corrected chi connectivity index (χ1v) is 5.34. The minimum atomic E-state index is -0.292. The quantitative estimate of drug-likeness (QED) is 0.821. The third-order valence-corrected chi connectivity index (χ3v) is 2.48. The SMILES string of the molecule is Cc1cc(Oc2ccc(N)cc2C#N)ccc1F. The van der Waals surface area contributed by atoms with Crippen LogP contribution in [0.5, 0.6) is 11.5 Å². The fourth-order valence-electron chi connectivity index (χ4n) is 1.53. The van der Waals surface area contributed by atoms with Gasteiger partial charge in [-0.05, 0) is 48.9 Å². The summed E-state index contributed by atoms with van der Waals surface area (Å²) in [4.78, 5) is 0. The number of halogens is 1. The van der Waals surface area contributed by atoms with E-state index >= 15 is 0 Å². The molecule has 2 rings (SSSR count). The van der Waals surface area contributed by atoms with E-state index < -0.39 is 0 Å². The molecule has 90 valence electrons. The van der Waals surface area contributed by atoms with Crippen LogP contribution >= 0.6 is 0 Å². The topological polar surface area (TPSA) is 59.0 Å². The summed E-state index contributed by atoms with van der Waals surface area (Å²) in [6, 6.07) is 11.2. The summed E-state index contributed by atoms with van der Waals surface area (Å²) in [5.74, 6) is 0.591. The summed E-state index contributed by atoms with van der Waals surface area (Å²) in [6.45, 7) is 1.65. The van der Waals surface area contributed by atoms with Crippen molar-refractivity contribution in [3.63, 3.8) is 0 Å². The predicted octanol–water partition coefficient (Wildman–Crippen LogP) is 3.38. The number of aryl methyl sites for hydroxylation is 1. The summed E-state index contributed by atoms with van der Waals surface area (Å²) in [7, 11) is 0. The van der Waals surface area contributed by atoms with Gasteiger partial charge in [0.15, 0.2) is 0 Å². The van der Waals surface area contributed by atoms with E-state index in [1.807, 2.05) is 6.07 Å². The molecule has 4 heteroatoms. The van der Waals surface area contributed by atoms with Gasteiger partial charge in [-0.15, -0.1) is 0 Å². The third-order valence-electron chi connectivity index (χ3n) is 2.48. The number of nitrogens with two attached hydrogens (primary N) is 1. The van der Waals surface area contributed by atoms with E-state index in [1.54, 1.807) is 25.1 Å². The number of nitriles is 1. The first-order chi connectivity index (χ1) is 8.60. The Morgan fingerprint density at radius 3 is 2.67 bits per heavy atom. The first kappa shape index (κ1) is 11.9. The Kier molecular flexibility index (Phi) is 3.16. The molecular formula is C14H11FN2O. The van der Waals surface area contributed by atoms with Gasteiger partial charge in [0.25, 0.3) is 0 Å². The zero-order valence-corrected chi connectivity index (χ0v) is 9.77. The highest BCUT2D eigenvalue weighted by atomic mass is 19.1. The van der Waals surface area contributed by atoms with Crippen LogP contribution in [0.15, 0.2) is 36.4 Å². The van der Waals surface area contributed by atoms with E-state index in [0.29, 0.717) is 28.3 Å². The van der Waals surface area contributed by atoms with Crippen LogP contribution in [0.3, 0.4) is 0 Å². The molecule has 0 aliphatic carbocycles. The number of hydrogen-bond donors (Lipinski definition) is 1. The van der Waals surface area contributed by atoms with E-state index in [1.165, 1.54) is 18.2 Å². The Hall–Kier alpha value is -2.54. The van der Waals surface area contributed by atoms with Gasteiger partial charge < -0.3 is 10.5 Å². The second kappa shape index (κ2) is 4.76. The third kappa shape index (κ3) is 2.41. The van der Waals surface area contributed by atoms with E-state index in [9.17, 15) is 4.39 Å². The highest BCUT2D eigenvalue weighted by molar-refractivity contribution is 5.54. The lowest BCUT2D eigenvalue weighted by molar-refractivity contribution is 0.478. The molecule has 0 atom stereocenters. The lowest BCUT2D eigenvalue weighted by Gasteiger charge is -2.08. The molecule has 3 nitrogen and oxygen atoms in total. The summed E-state index contributed by atoms with van der Waals surface area (Å²) in [6.07, 6.45) is 0. The van der Waals surface area contributed by atoms with Crippen molar-refractivity contribution >= 4 is 5.69 Å². The van der Waals surface area contributed by atoms with Crippen LogP contribution in [0.2, 0.25) is 0 Å². The molecule has 18 heavy (non-hydrogen) atoms. The summed E-state index contributed by atoms with van der Waals surface area (Å²) in [5.41, 5.74) is 6.91. The van der Waals surface area contributed by atoms with Crippen LogP contribution in [-0.4, -0.2) is 0 Å². The normalized spacial score (nSPS) is 9.83. The smallest absolute Gasteiger partial charge is 0.145 e. The summed E-state index contributed by atoms with van der Waals surface area (Å²) >= 11 is 0. The largest absolute Gasteiger partial charge is 0.456 e. The number of nitrogens with zero attached hydrogens (tertiary/aromatic N) is 1. The van der Waals surface area contributed by atoms with Crippen molar-refractivity contribution < 1.29 is 9.13 Å². The minimum Gasteiger partial charge on any atom is -0.456 e. The zero-order valence-electron chi connectivity index (χ0n) is 9.77. The minimum absolute atomic E-state index is 0.292. The van der Waals surface area contributed by atoms with E-state index in [-0.39, 0.29) is 5.82 Å². The second-order valence-electron chi connectivity index (χ2n) is 3.88. The van der Waals surface area contributed by atoms with Gasteiger partial charge >= 0.3 is 0 Å². The standard InChI is InChI=1S/C14H11FN2O/c1-9-6-12(3-4-13(9)15)18-14-5-2-11(17)7-10(14)8-16/h2-7H,17H2,1H3. The molecule has 2 aromatic rings. The van der Waals surface area contributed by atoms with Crippen LogP contribution < -0.4 is 10.5 Å². The maximum absolute atomic E-state index is 13.1. The van der Waals surface area contributed by atoms with Crippen LogP contribution in [-0.2, 0) is 0 Å². The molecule has 0 heterocycles. The van der Waals surface area contributed by atoms with Crippen molar-refractivity contribution in [1.82, 2.24) is 0 Å². The molecule has 0 radical (unpaired) electrons. The Labute approximate surface area is 104 Å². The molecule has 0 bridgehead atoms. The molecule has 0 saturated heterocycles. The van der Waals surface area contributed by atoms with Gasteiger partial charge in [0.2, 0.25) is 0 Å². The van der Waals surface area contributed by atoms with Gasteiger partial charge in [-0.25, -0.2) is 4.39 Å². The molecule has 0 aromatic heterocycles. The lowest BCUT2D eigenvalue weighted by Crippen LogP contribution is -1.92. The van der Waals surface area contributed by atoms with Gasteiger partial charge in [0.05, 0.1) is 5.56 Å². The van der Waals surface area contributed by atoms with Gasteiger partial charge in [-0.2, -0.15) is 5.26 Å². The predicted molar refractivity (Wildman–Crippen MR) is 66.8 cm³/mol. The Balaban J connectivity index is 2.34. The molecule has 0 aliphatic rings. The van der Waals surface area contributed by atoms with Crippen molar-refractivity contribution in [2.75, 3.05) is 5.73 Å². The summed E-state index contributed by atoms with van der Waals surface area (Å²) in [5, 5.41) is 8.97. The molecule has 2 N–H and O–H groups in total. The Morgan fingerprint density at radius 1 is 1.22 bits per heavy atom. The number of anilines is 1. The molecule has 0 amide bonds. The van der Waals surface area contributed by atoms with Crippen molar-refractivity contribution in [2.45, 2.75) is 6.92 Å². The molecule has 0 unspecified atom stereocenters. The molecule has 2 aromatic carbocycles. The van der Waals surface area contributed by atoms with Crippen molar-refractivity contribution in [1.29, 1.82) is 5.26 Å². The molecule has 0 aliphatic heterocycles. The maximum Gasteiger partial charge on any atom is 0.145 e. The average molecular weight is 242 g/mol. The highest BCUT2D eigenvalue weighted by Gasteiger charge is 2.06. The number of benzene rings is 2. The number of rotatable bonds is 2. The highest BCUT2D eigenvalue weighted by Crippen LogP contribution is 2.27. The van der Waals surface area contributed by atoms with Gasteiger partial charge in [-0.1, -0.05) is 0 Å². The van der Waals surface area contributed by atoms with E-state index in [4.69, 9.17) is 15.7 Å². The second-order valence-corrected chi connectivity index (χ2v) is 3.88. The fourth-order valence-corrected chi connectivity index (χ4v) is 1.53. The molecule has 0 saturated carbocycles. The zero-order chi connectivity index (χ0) is 13.1. The Bertz CT molecular complexity index is 632. The maximum atomic E-state index is 13.1. The first-order valence-electron chi connectivity index (χ1n) is 5.34. The number of ether oxygens (including phenoxy) is 1. The van der Waals surface area contributed by atoms with Crippen molar-refractivity contribution in [2.24, 2.45) is 0 Å². The Morgan fingerprint density at radius 2 is 2.00 bits per heavy atom.